The van der Waals surface area contributed by atoms with E-state index in [1.165, 1.54) is 51.3 Å². The van der Waals surface area contributed by atoms with Crippen molar-refractivity contribution in [3.8, 4) is 0 Å². The summed E-state index contributed by atoms with van der Waals surface area (Å²) in [5.41, 5.74) is 4.94. The third-order valence-electron chi connectivity index (χ3n) is 5.60. The van der Waals surface area contributed by atoms with Crippen LogP contribution in [0.5, 0.6) is 0 Å². The smallest absolute Gasteiger partial charge is 0.268 e. The van der Waals surface area contributed by atoms with Crippen molar-refractivity contribution in [2.24, 2.45) is 0 Å². The van der Waals surface area contributed by atoms with Crippen LogP contribution in [0.25, 0.3) is 0 Å². The van der Waals surface area contributed by atoms with Crippen LogP contribution >= 0.6 is 0 Å². The first-order valence-corrected chi connectivity index (χ1v) is 10.2. The van der Waals surface area contributed by atoms with Crippen LogP contribution in [0.4, 0.5) is 0 Å². The zero-order valence-corrected chi connectivity index (χ0v) is 17.2. The van der Waals surface area contributed by atoms with Gasteiger partial charge in [-0.1, -0.05) is 37.1 Å². The monoisotopic (exact) mass is 381 g/mol. The van der Waals surface area contributed by atoms with Crippen molar-refractivity contribution >= 4 is 11.7 Å². The molecule has 1 amide bonds. The van der Waals surface area contributed by atoms with E-state index in [4.69, 9.17) is 0 Å². The van der Waals surface area contributed by atoms with Crippen molar-refractivity contribution < 1.29 is 9.59 Å². The molecule has 0 bridgehead atoms. The van der Waals surface area contributed by atoms with Gasteiger partial charge in [-0.15, -0.1) is 0 Å². The Bertz CT molecular complexity index is 828. The number of hydrogen-bond acceptors (Lipinski definition) is 3. The molecule has 3 rings (SSSR count). The quantitative estimate of drug-likeness (QED) is 0.739. The summed E-state index contributed by atoms with van der Waals surface area (Å²) in [5.74, 6) is -0.202. The van der Waals surface area contributed by atoms with E-state index >= 15 is 0 Å². The molecular formula is C23H31N3O2. The fourth-order valence-electron chi connectivity index (χ4n) is 4.09. The average molecular weight is 382 g/mol. The third kappa shape index (κ3) is 4.90. The maximum Gasteiger partial charge on any atom is 0.268 e. The van der Waals surface area contributed by atoms with E-state index in [0.29, 0.717) is 17.8 Å². The fourth-order valence-corrected chi connectivity index (χ4v) is 4.09. The molecule has 0 atom stereocenters. The number of carbonyl (C=O) groups is 2. The van der Waals surface area contributed by atoms with Crippen molar-refractivity contribution in [2.75, 3.05) is 13.1 Å². The first kappa shape index (κ1) is 20.3. The second kappa shape index (κ2) is 9.20. The highest BCUT2D eigenvalue weighted by Crippen LogP contribution is 2.19. The number of nitrogens with zero attached hydrogens (tertiary/aromatic N) is 1. The van der Waals surface area contributed by atoms with Crippen molar-refractivity contribution in [2.45, 2.75) is 59.5 Å². The minimum Gasteiger partial charge on any atom is -0.354 e. The van der Waals surface area contributed by atoms with Gasteiger partial charge in [0.15, 0.2) is 5.78 Å². The number of amides is 1. The SMILES string of the molecule is CC(=O)c1c(C)[nH]c(C(=O)NCc2ccc(CN3CCCCCC3)cc2)c1C. The van der Waals surface area contributed by atoms with Crippen LogP contribution in [-0.4, -0.2) is 34.7 Å². The number of H-pyrrole nitrogens is 1. The van der Waals surface area contributed by atoms with Gasteiger partial charge in [0.25, 0.3) is 5.91 Å². The van der Waals surface area contributed by atoms with E-state index in [0.717, 1.165) is 23.4 Å². The predicted molar refractivity (Wildman–Crippen MR) is 112 cm³/mol. The number of Topliss-reactive ketones (excluding diaryl/α,β-unsaturated/α-hetero) is 1. The van der Waals surface area contributed by atoms with E-state index in [-0.39, 0.29) is 11.7 Å². The zero-order valence-electron chi connectivity index (χ0n) is 17.2. The molecule has 2 heterocycles. The number of aryl methyl sites for hydroxylation is 1. The third-order valence-corrected chi connectivity index (χ3v) is 5.60. The standard InChI is InChI=1S/C23H31N3O2/c1-16-21(18(3)27)17(2)25-22(16)23(28)24-14-19-8-10-20(11-9-19)15-26-12-6-4-5-7-13-26/h8-11,25H,4-7,12-15H2,1-3H3,(H,24,28). The van der Waals surface area contributed by atoms with E-state index in [1.54, 1.807) is 0 Å². The molecular weight excluding hydrogens is 350 g/mol. The number of hydrogen-bond donors (Lipinski definition) is 2. The predicted octanol–water partition coefficient (Wildman–Crippen LogP) is 4.14. The molecule has 0 radical (unpaired) electrons. The summed E-state index contributed by atoms with van der Waals surface area (Å²) < 4.78 is 0. The van der Waals surface area contributed by atoms with Gasteiger partial charge in [0, 0.05) is 24.3 Å². The summed E-state index contributed by atoms with van der Waals surface area (Å²) >= 11 is 0. The van der Waals surface area contributed by atoms with Gasteiger partial charge in [0.05, 0.1) is 0 Å². The van der Waals surface area contributed by atoms with Crippen LogP contribution in [0.3, 0.4) is 0 Å². The van der Waals surface area contributed by atoms with Crippen molar-refractivity contribution in [3.05, 3.63) is 57.9 Å². The van der Waals surface area contributed by atoms with Gasteiger partial charge in [0.2, 0.25) is 0 Å². The molecule has 28 heavy (non-hydrogen) atoms. The van der Waals surface area contributed by atoms with Crippen LogP contribution < -0.4 is 5.32 Å². The number of benzene rings is 1. The van der Waals surface area contributed by atoms with Crippen LogP contribution in [-0.2, 0) is 13.1 Å². The maximum absolute atomic E-state index is 12.5. The van der Waals surface area contributed by atoms with Gasteiger partial charge in [-0.05, 0) is 63.4 Å². The molecule has 2 aromatic rings. The Labute approximate surface area is 167 Å². The van der Waals surface area contributed by atoms with E-state index < -0.39 is 0 Å². The first-order valence-electron chi connectivity index (χ1n) is 10.2. The summed E-state index contributed by atoms with van der Waals surface area (Å²) in [6.07, 6.45) is 5.30. The van der Waals surface area contributed by atoms with Crippen molar-refractivity contribution in [3.63, 3.8) is 0 Å². The second-order valence-corrected chi connectivity index (χ2v) is 7.87. The van der Waals surface area contributed by atoms with Crippen LogP contribution in [0.2, 0.25) is 0 Å². The van der Waals surface area contributed by atoms with Gasteiger partial charge in [-0.2, -0.15) is 0 Å². The molecule has 1 aliphatic rings. The molecule has 1 fully saturated rings. The Balaban J connectivity index is 1.57. The van der Waals surface area contributed by atoms with Gasteiger partial charge in [0.1, 0.15) is 5.69 Å². The molecule has 150 valence electrons. The summed E-state index contributed by atoms with van der Waals surface area (Å²) in [5, 5.41) is 2.95. The lowest BCUT2D eigenvalue weighted by molar-refractivity contribution is 0.0945. The molecule has 1 aromatic heterocycles. The first-order chi connectivity index (χ1) is 13.5. The Hall–Kier alpha value is -2.40. The Morgan fingerprint density at radius 2 is 1.61 bits per heavy atom. The highest BCUT2D eigenvalue weighted by atomic mass is 16.2. The van der Waals surface area contributed by atoms with E-state index in [2.05, 4.69) is 39.5 Å². The number of aromatic amines is 1. The molecule has 1 saturated heterocycles. The summed E-state index contributed by atoms with van der Waals surface area (Å²) in [7, 11) is 0. The molecule has 0 aliphatic carbocycles. The zero-order chi connectivity index (χ0) is 20.1. The molecule has 2 N–H and O–H groups in total. The largest absolute Gasteiger partial charge is 0.354 e. The lowest BCUT2D eigenvalue weighted by Crippen LogP contribution is -2.24. The van der Waals surface area contributed by atoms with Gasteiger partial charge in [-0.25, -0.2) is 0 Å². The normalized spacial score (nSPS) is 15.2. The lowest BCUT2D eigenvalue weighted by atomic mass is 10.1. The van der Waals surface area contributed by atoms with Crippen LogP contribution in [0, 0.1) is 13.8 Å². The van der Waals surface area contributed by atoms with Crippen molar-refractivity contribution in [1.82, 2.24) is 15.2 Å². The van der Waals surface area contributed by atoms with Crippen LogP contribution in [0.15, 0.2) is 24.3 Å². The summed E-state index contributed by atoms with van der Waals surface area (Å²) in [4.78, 5) is 29.9. The highest BCUT2D eigenvalue weighted by Gasteiger charge is 2.19. The second-order valence-electron chi connectivity index (χ2n) is 7.87. The average Bonchev–Trinajstić information content (AvgIpc) is 2.83. The lowest BCUT2D eigenvalue weighted by Gasteiger charge is -2.19. The number of likely N-dealkylation sites (tertiary alicyclic amines) is 1. The topological polar surface area (TPSA) is 65.2 Å². The van der Waals surface area contributed by atoms with E-state index in [1.807, 2.05) is 13.8 Å². The number of rotatable bonds is 6. The maximum atomic E-state index is 12.5. The minimum absolute atomic E-state index is 0.0229. The van der Waals surface area contributed by atoms with E-state index in [9.17, 15) is 9.59 Å². The van der Waals surface area contributed by atoms with Crippen molar-refractivity contribution in [1.29, 1.82) is 0 Å². The van der Waals surface area contributed by atoms with Gasteiger partial charge >= 0.3 is 0 Å². The van der Waals surface area contributed by atoms with Crippen LogP contribution in [0.1, 0.15) is 75.8 Å². The molecule has 0 saturated carbocycles. The Morgan fingerprint density at radius 1 is 1.00 bits per heavy atom. The number of aromatic nitrogens is 1. The molecule has 5 heteroatoms. The number of ketones is 1. The fraction of sp³-hybridized carbons (Fsp3) is 0.478. The number of nitrogens with one attached hydrogen (secondary N) is 2. The molecule has 1 aliphatic heterocycles. The number of carbonyl (C=O) groups excluding carboxylic acids is 2. The Kier molecular flexibility index (Phi) is 6.68. The summed E-state index contributed by atoms with van der Waals surface area (Å²) in [6.45, 7) is 9.01. The highest BCUT2D eigenvalue weighted by molar-refractivity contribution is 6.02. The Morgan fingerprint density at radius 3 is 2.18 bits per heavy atom. The minimum atomic E-state index is -0.179. The van der Waals surface area contributed by atoms with Gasteiger partial charge in [-0.3, -0.25) is 14.5 Å². The summed E-state index contributed by atoms with van der Waals surface area (Å²) in [6, 6.07) is 8.48. The molecule has 0 spiro atoms. The molecule has 1 aromatic carbocycles. The molecule has 0 unspecified atom stereocenters. The van der Waals surface area contributed by atoms with Gasteiger partial charge < -0.3 is 10.3 Å². The molecule has 5 nitrogen and oxygen atoms in total.